The van der Waals surface area contributed by atoms with Gasteiger partial charge in [-0.25, -0.2) is 4.79 Å². The second-order valence-electron chi connectivity index (χ2n) is 7.35. The van der Waals surface area contributed by atoms with Crippen LogP contribution in [-0.4, -0.2) is 39.2 Å². The maximum atomic E-state index is 13.3. The molecule has 0 spiro atoms. The Bertz CT molecular complexity index is 1060. The summed E-state index contributed by atoms with van der Waals surface area (Å²) in [7, 11) is 4.87. The van der Waals surface area contributed by atoms with Crippen molar-refractivity contribution in [3.63, 3.8) is 0 Å². The molecule has 0 unspecified atom stereocenters. The van der Waals surface area contributed by atoms with Gasteiger partial charge in [0.15, 0.2) is 0 Å². The monoisotopic (exact) mass is 480 g/mol. The lowest BCUT2D eigenvalue weighted by Gasteiger charge is -2.25. The van der Waals surface area contributed by atoms with E-state index in [0.717, 1.165) is 29.1 Å². The molecule has 9 heteroatoms. The van der Waals surface area contributed by atoms with Crippen molar-refractivity contribution in [3.05, 3.63) is 84.4 Å². The van der Waals surface area contributed by atoms with Crippen LogP contribution in [0, 0.1) is 0 Å². The molecule has 0 aliphatic carbocycles. The molecule has 178 valence electrons. The van der Waals surface area contributed by atoms with E-state index in [1.165, 1.54) is 4.90 Å². The third kappa shape index (κ3) is 7.08. The second kappa shape index (κ2) is 12.4. The van der Waals surface area contributed by atoms with E-state index in [1.807, 2.05) is 54.6 Å². The van der Waals surface area contributed by atoms with Crippen LogP contribution in [0.1, 0.15) is 5.56 Å². The minimum atomic E-state index is -0.768. The maximum absolute atomic E-state index is 13.3. The molecule has 0 heterocycles. The molecule has 8 nitrogen and oxygen atoms in total. The second-order valence-corrected chi connectivity index (χ2v) is 7.96. The lowest BCUT2D eigenvalue weighted by atomic mass is 10.0. The first kappa shape index (κ1) is 24.8. The highest BCUT2D eigenvalue weighted by molar-refractivity contribution is 7.99. The molecule has 0 bridgehead atoms. The van der Waals surface area contributed by atoms with Gasteiger partial charge in [0.1, 0.15) is 17.5 Å². The first-order valence-corrected chi connectivity index (χ1v) is 11.4. The molecule has 0 aromatic heterocycles. The van der Waals surface area contributed by atoms with Gasteiger partial charge in [0.2, 0.25) is 5.91 Å². The summed E-state index contributed by atoms with van der Waals surface area (Å²) in [5, 5.41) is 2.80. The topological polar surface area (TPSA) is 91.9 Å². The zero-order valence-corrected chi connectivity index (χ0v) is 20.1. The Morgan fingerprint density at radius 2 is 1.47 bits per heavy atom. The molecule has 3 aromatic rings. The Hall–Kier alpha value is -3.85. The van der Waals surface area contributed by atoms with Crippen molar-refractivity contribution >= 4 is 35.4 Å². The van der Waals surface area contributed by atoms with Crippen LogP contribution in [0.4, 0.5) is 16.2 Å². The van der Waals surface area contributed by atoms with Gasteiger partial charge < -0.3 is 24.4 Å². The standard InChI is InChI=1S/C25H28N4O4S/c1-29(20-11-15-22(33-3)16-12-20)24(30)23(17-18-7-5-4-6-8-18)26-25(31)28-34-27-19-9-13-21(32-2)14-10-19/h4-16,23,27H,17H2,1-3H3,(H2,26,28,31)/t23-/m0/s1. The number of methoxy groups -OCH3 is 2. The number of urea groups is 1. The fraction of sp³-hybridized carbons (Fsp3) is 0.200. The minimum absolute atomic E-state index is 0.239. The number of ether oxygens (including phenoxy) is 2. The molecule has 0 aliphatic heterocycles. The Kier molecular flexibility index (Phi) is 9.04. The quantitative estimate of drug-likeness (QED) is 0.376. The first-order chi connectivity index (χ1) is 16.5. The van der Waals surface area contributed by atoms with Crippen LogP contribution < -0.4 is 29.1 Å². The van der Waals surface area contributed by atoms with E-state index in [2.05, 4.69) is 14.8 Å². The highest BCUT2D eigenvalue weighted by Crippen LogP contribution is 2.20. The van der Waals surface area contributed by atoms with Crippen LogP contribution in [0.15, 0.2) is 78.9 Å². The van der Waals surface area contributed by atoms with Gasteiger partial charge in [-0.15, -0.1) is 0 Å². The molecule has 3 amide bonds. The lowest BCUT2D eigenvalue weighted by Crippen LogP contribution is -2.50. The molecule has 34 heavy (non-hydrogen) atoms. The molecule has 3 aromatic carbocycles. The maximum Gasteiger partial charge on any atom is 0.326 e. The zero-order valence-electron chi connectivity index (χ0n) is 19.3. The third-order valence-electron chi connectivity index (χ3n) is 5.08. The summed E-state index contributed by atoms with van der Waals surface area (Å²) < 4.78 is 16.0. The van der Waals surface area contributed by atoms with E-state index in [4.69, 9.17) is 9.47 Å². The SMILES string of the molecule is COc1ccc(NSNC(=O)N[C@@H](Cc2ccccc2)C(=O)N(C)c2ccc(OC)cc2)cc1. The number of carbonyl (C=O) groups excluding carboxylic acids is 2. The van der Waals surface area contributed by atoms with E-state index in [1.54, 1.807) is 45.5 Å². The van der Waals surface area contributed by atoms with Crippen molar-refractivity contribution < 1.29 is 19.1 Å². The Balaban J connectivity index is 1.63. The van der Waals surface area contributed by atoms with Crippen LogP contribution in [0.25, 0.3) is 0 Å². The Morgan fingerprint density at radius 1 is 0.882 bits per heavy atom. The number of amides is 3. The molecule has 0 saturated carbocycles. The number of nitrogens with one attached hydrogen (secondary N) is 3. The highest BCUT2D eigenvalue weighted by atomic mass is 32.2. The predicted octanol–water partition coefficient (Wildman–Crippen LogP) is 4.25. The number of anilines is 2. The fourth-order valence-electron chi connectivity index (χ4n) is 3.19. The van der Waals surface area contributed by atoms with Crippen molar-refractivity contribution in [1.82, 2.24) is 10.0 Å². The molecule has 3 N–H and O–H groups in total. The average molecular weight is 481 g/mol. The van der Waals surface area contributed by atoms with Gasteiger partial charge in [-0.05, 0) is 54.1 Å². The predicted molar refractivity (Wildman–Crippen MR) is 136 cm³/mol. The van der Waals surface area contributed by atoms with Gasteiger partial charge in [-0.3, -0.25) is 9.52 Å². The number of rotatable bonds is 10. The van der Waals surface area contributed by atoms with Crippen LogP contribution in [0.2, 0.25) is 0 Å². The molecular formula is C25H28N4O4S. The van der Waals surface area contributed by atoms with E-state index in [0.29, 0.717) is 17.9 Å². The van der Waals surface area contributed by atoms with E-state index >= 15 is 0 Å². The smallest absolute Gasteiger partial charge is 0.326 e. The number of likely N-dealkylation sites (N-methyl/N-ethyl adjacent to an activating group) is 1. The lowest BCUT2D eigenvalue weighted by molar-refractivity contribution is -0.120. The van der Waals surface area contributed by atoms with Crippen LogP contribution in [-0.2, 0) is 11.2 Å². The summed E-state index contributed by atoms with van der Waals surface area (Å²) in [5.41, 5.74) is 2.43. The van der Waals surface area contributed by atoms with Gasteiger partial charge in [-0.2, -0.15) is 0 Å². The molecule has 0 fully saturated rings. The van der Waals surface area contributed by atoms with Gasteiger partial charge in [0, 0.05) is 24.8 Å². The average Bonchev–Trinajstić information content (AvgIpc) is 2.88. The van der Waals surface area contributed by atoms with Crippen LogP contribution in [0.5, 0.6) is 11.5 Å². The molecule has 0 saturated heterocycles. The van der Waals surface area contributed by atoms with Gasteiger partial charge >= 0.3 is 6.03 Å². The molecule has 3 rings (SSSR count). The van der Waals surface area contributed by atoms with Crippen molar-refractivity contribution in [2.24, 2.45) is 0 Å². The summed E-state index contributed by atoms with van der Waals surface area (Å²) in [6.07, 6.45) is 0.351. The van der Waals surface area contributed by atoms with Gasteiger partial charge in [0.25, 0.3) is 0 Å². The number of hydrogen-bond donors (Lipinski definition) is 3. The van der Waals surface area contributed by atoms with Crippen molar-refractivity contribution in [3.8, 4) is 11.5 Å². The molecule has 0 aliphatic rings. The summed E-state index contributed by atoms with van der Waals surface area (Å²) in [4.78, 5) is 27.4. The van der Waals surface area contributed by atoms with Crippen LogP contribution >= 0.6 is 12.1 Å². The summed E-state index contributed by atoms with van der Waals surface area (Å²) in [6.45, 7) is 0. The van der Waals surface area contributed by atoms with Crippen molar-refractivity contribution in [2.45, 2.75) is 12.5 Å². The van der Waals surface area contributed by atoms with E-state index < -0.39 is 12.1 Å². The minimum Gasteiger partial charge on any atom is -0.497 e. The fourth-order valence-corrected chi connectivity index (χ4v) is 3.65. The number of nitrogens with zero attached hydrogens (tertiary/aromatic N) is 1. The van der Waals surface area contributed by atoms with E-state index in [-0.39, 0.29) is 5.91 Å². The van der Waals surface area contributed by atoms with Crippen molar-refractivity contribution in [2.75, 3.05) is 30.9 Å². The molecule has 1 atom stereocenters. The highest BCUT2D eigenvalue weighted by Gasteiger charge is 2.25. The normalized spacial score (nSPS) is 11.1. The summed E-state index contributed by atoms with van der Waals surface area (Å²) >= 11 is 1.01. The zero-order chi connectivity index (χ0) is 24.3. The van der Waals surface area contributed by atoms with Crippen LogP contribution in [0.3, 0.4) is 0 Å². The van der Waals surface area contributed by atoms with E-state index in [9.17, 15) is 9.59 Å². The largest absolute Gasteiger partial charge is 0.497 e. The molecule has 0 radical (unpaired) electrons. The number of carbonyl (C=O) groups is 2. The first-order valence-electron chi connectivity index (χ1n) is 10.6. The Labute approximate surface area is 203 Å². The molecular weight excluding hydrogens is 452 g/mol. The van der Waals surface area contributed by atoms with Crippen molar-refractivity contribution in [1.29, 1.82) is 0 Å². The van der Waals surface area contributed by atoms with Gasteiger partial charge in [0.05, 0.1) is 26.4 Å². The van der Waals surface area contributed by atoms with Gasteiger partial charge in [-0.1, -0.05) is 30.3 Å². The number of benzene rings is 3. The summed E-state index contributed by atoms with van der Waals surface area (Å²) in [6, 6.07) is 22.8. The third-order valence-corrected chi connectivity index (χ3v) is 5.70. The summed E-state index contributed by atoms with van der Waals surface area (Å²) in [5.74, 6) is 1.20. The number of hydrogen-bond acceptors (Lipinski definition) is 6. The Morgan fingerprint density at radius 3 is 2.06 bits per heavy atom.